The van der Waals surface area contributed by atoms with Crippen LogP contribution < -0.4 is 15.5 Å². The van der Waals surface area contributed by atoms with E-state index in [0.29, 0.717) is 31.9 Å². The number of hydrogen-bond acceptors (Lipinski definition) is 4. The molecule has 2 unspecified atom stereocenters. The van der Waals surface area contributed by atoms with E-state index in [1.165, 1.54) is 35.2 Å². The molecule has 2 atom stereocenters. The van der Waals surface area contributed by atoms with E-state index < -0.39 is 30.0 Å². The highest BCUT2D eigenvalue weighted by molar-refractivity contribution is 5.93. The first-order valence-electron chi connectivity index (χ1n) is 10.2. The summed E-state index contributed by atoms with van der Waals surface area (Å²) in [5.74, 6) is -0.877. The molecule has 4 rings (SSSR count). The highest BCUT2D eigenvalue weighted by atomic mass is 19.4. The molecule has 7 nitrogen and oxygen atoms in total. The molecule has 0 aliphatic carbocycles. The topological polar surface area (TPSA) is 72.6 Å². The normalized spacial score (nSPS) is 21.9. The summed E-state index contributed by atoms with van der Waals surface area (Å²) in [6.07, 6.45) is -4.86. The zero-order chi connectivity index (χ0) is 22.0. The number of halogens is 4. The Morgan fingerprint density at radius 2 is 1.97 bits per heavy atom. The van der Waals surface area contributed by atoms with Crippen molar-refractivity contribution in [3.8, 4) is 0 Å². The standard InChI is InChI=1S/C20H23F4N5O2/c21-14-3-1-13(2-4-14)15-11-17(20(22,23)24)29-18(26-15)12-16(27-29)19(30)25-5-6-28-7-9-31-10-8-28/h1-4,12,15,17,26H,5-11H2,(H,25,30)/p+1. The van der Waals surface area contributed by atoms with Gasteiger partial charge in [-0.25, -0.2) is 9.07 Å². The number of benzene rings is 1. The number of morpholine rings is 1. The Bertz CT molecular complexity index is 909. The number of aromatic nitrogens is 2. The van der Waals surface area contributed by atoms with Crippen molar-refractivity contribution in [3.05, 3.63) is 47.4 Å². The second kappa shape index (κ2) is 8.83. The summed E-state index contributed by atoms with van der Waals surface area (Å²) in [5, 5.41) is 9.67. The number of quaternary nitrogens is 1. The molecule has 0 radical (unpaired) electrons. The van der Waals surface area contributed by atoms with Crippen LogP contribution in [0.2, 0.25) is 0 Å². The van der Waals surface area contributed by atoms with Gasteiger partial charge in [0.2, 0.25) is 0 Å². The van der Waals surface area contributed by atoms with Gasteiger partial charge >= 0.3 is 6.18 Å². The summed E-state index contributed by atoms with van der Waals surface area (Å²) in [4.78, 5) is 13.8. The number of ether oxygens (including phenoxy) is 1. The Morgan fingerprint density at radius 3 is 2.65 bits per heavy atom. The summed E-state index contributed by atoms with van der Waals surface area (Å²) in [7, 11) is 0. The van der Waals surface area contributed by atoms with E-state index in [-0.39, 0.29) is 17.9 Å². The summed E-state index contributed by atoms with van der Waals surface area (Å²) < 4.78 is 60.5. The van der Waals surface area contributed by atoms with E-state index in [4.69, 9.17) is 4.74 Å². The molecule has 3 N–H and O–H groups in total. The number of amides is 1. The Hall–Kier alpha value is -2.66. The van der Waals surface area contributed by atoms with Crippen LogP contribution in [0.15, 0.2) is 30.3 Å². The quantitative estimate of drug-likeness (QED) is 0.611. The summed E-state index contributed by atoms with van der Waals surface area (Å²) in [5.41, 5.74) is 0.455. The average Bonchev–Trinajstić information content (AvgIpc) is 3.18. The van der Waals surface area contributed by atoms with Gasteiger partial charge in [-0.1, -0.05) is 12.1 Å². The second-order valence-electron chi connectivity index (χ2n) is 7.77. The molecule has 0 saturated carbocycles. The van der Waals surface area contributed by atoms with Crippen LogP contribution >= 0.6 is 0 Å². The lowest BCUT2D eigenvalue weighted by Crippen LogP contribution is -3.14. The summed E-state index contributed by atoms with van der Waals surface area (Å²) >= 11 is 0. The van der Waals surface area contributed by atoms with Gasteiger partial charge in [-0.15, -0.1) is 0 Å². The van der Waals surface area contributed by atoms with Gasteiger partial charge in [0.25, 0.3) is 5.91 Å². The second-order valence-corrected chi connectivity index (χ2v) is 7.77. The van der Waals surface area contributed by atoms with Crippen molar-refractivity contribution in [2.24, 2.45) is 0 Å². The number of carbonyl (C=O) groups excluding carboxylic acids is 1. The number of hydrogen-bond donors (Lipinski definition) is 3. The number of nitrogens with zero attached hydrogens (tertiary/aromatic N) is 2. The molecule has 3 heterocycles. The fraction of sp³-hybridized carbons (Fsp3) is 0.500. The van der Waals surface area contributed by atoms with Crippen molar-refractivity contribution in [3.63, 3.8) is 0 Å². The van der Waals surface area contributed by atoms with Crippen LogP contribution in [-0.4, -0.2) is 61.3 Å². The Labute approximate surface area is 176 Å². The monoisotopic (exact) mass is 442 g/mol. The van der Waals surface area contributed by atoms with Crippen molar-refractivity contribution in [1.82, 2.24) is 15.1 Å². The fourth-order valence-corrected chi connectivity index (χ4v) is 3.95. The van der Waals surface area contributed by atoms with Crippen LogP contribution in [0.3, 0.4) is 0 Å². The molecule has 31 heavy (non-hydrogen) atoms. The van der Waals surface area contributed by atoms with Crippen LogP contribution in [0.4, 0.5) is 23.4 Å². The maximum Gasteiger partial charge on any atom is 0.410 e. The molecule has 168 valence electrons. The predicted molar refractivity (Wildman–Crippen MR) is 103 cm³/mol. The summed E-state index contributed by atoms with van der Waals surface area (Å²) in [6.45, 7) is 4.17. The van der Waals surface area contributed by atoms with Gasteiger partial charge in [0.05, 0.1) is 32.3 Å². The van der Waals surface area contributed by atoms with E-state index in [2.05, 4.69) is 15.7 Å². The average molecular weight is 442 g/mol. The molecule has 2 aromatic rings. The highest BCUT2D eigenvalue weighted by Crippen LogP contribution is 2.43. The van der Waals surface area contributed by atoms with Crippen molar-refractivity contribution >= 4 is 11.7 Å². The van der Waals surface area contributed by atoms with Crippen LogP contribution in [0.25, 0.3) is 0 Å². The van der Waals surface area contributed by atoms with Gasteiger partial charge in [-0.05, 0) is 17.7 Å². The lowest BCUT2D eigenvalue weighted by Gasteiger charge is -2.33. The minimum absolute atomic E-state index is 0.0755. The molecule has 0 spiro atoms. The van der Waals surface area contributed by atoms with Gasteiger partial charge < -0.3 is 20.3 Å². The number of fused-ring (bicyclic) bond motifs is 1. The molecule has 0 bridgehead atoms. The third kappa shape index (κ3) is 4.99. The minimum Gasteiger partial charge on any atom is -0.370 e. The van der Waals surface area contributed by atoms with Gasteiger partial charge in [-0.2, -0.15) is 18.3 Å². The van der Waals surface area contributed by atoms with E-state index >= 15 is 0 Å². The smallest absolute Gasteiger partial charge is 0.370 e. The SMILES string of the molecule is O=C(NCC[NH+]1CCOCC1)c1cc2n(n1)C(C(F)(F)F)CC(c1ccc(F)cc1)N2. The first-order valence-corrected chi connectivity index (χ1v) is 10.2. The molecule has 1 aromatic carbocycles. The zero-order valence-electron chi connectivity index (χ0n) is 16.7. The number of alkyl halides is 3. The van der Waals surface area contributed by atoms with Crippen LogP contribution in [0, 0.1) is 5.82 Å². The van der Waals surface area contributed by atoms with Gasteiger partial charge in [0.1, 0.15) is 24.7 Å². The maximum atomic E-state index is 13.7. The third-order valence-corrected chi connectivity index (χ3v) is 5.66. The molecular formula is C20H24F4N5O2+. The maximum absolute atomic E-state index is 13.7. The third-order valence-electron chi connectivity index (χ3n) is 5.66. The molecular weight excluding hydrogens is 418 g/mol. The lowest BCUT2D eigenvalue weighted by molar-refractivity contribution is -0.906. The fourth-order valence-electron chi connectivity index (χ4n) is 3.95. The molecule has 1 amide bonds. The number of nitrogens with one attached hydrogen (secondary N) is 3. The van der Waals surface area contributed by atoms with Gasteiger partial charge in [0, 0.05) is 12.5 Å². The Kier molecular flexibility index (Phi) is 6.15. The molecule has 2 aliphatic rings. The summed E-state index contributed by atoms with van der Waals surface area (Å²) in [6, 6.07) is 4.07. The van der Waals surface area contributed by atoms with Crippen LogP contribution in [-0.2, 0) is 4.74 Å². The van der Waals surface area contributed by atoms with Crippen molar-refractivity contribution < 1.29 is 32.0 Å². The molecule has 1 aromatic heterocycles. The Balaban J connectivity index is 1.48. The zero-order valence-corrected chi connectivity index (χ0v) is 16.7. The molecule has 1 fully saturated rings. The predicted octanol–water partition coefficient (Wildman–Crippen LogP) is 1.33. The van der Waals surface area contributed by atoms with Crippen LogP contribution in [0.5, 0.6) is 0 Å². The molecule has 2 aliphatic heterocycles. The lowest BCUT2D eigenvalue weighted by atomic mass is 9.97. The van der Waals surface area contributed by atoms with E-state index in [1.54, 1.807) is 0 Å². The largest absolute Gasteiger partial charge is 0.410 e. The van der Waals surface area contributed by atoms with Gasteiger partial charge in [-0.3, -0.25) is 4.79 Å². The Morgan fingerprint density at radius 1 is 1.26 bits per heavy atom. The number of anilines is 1. The van der Waals surface area contributed by atoms with E-state index in [1.807, 2.05) is 0 Å². The highest BCUT2D eigenvalue weighted by Gasteiger charge is 2.46. The molecule has 1 saturated heterocycles. The van der Waals surface area contributed by atoms with Crippen molar-refractivity contribution in [1.29, 1.82) is 0 Å². The molecule has 11 heteroatoms. The van der Waals surface area contributed by atoms with Crippen molar-refractivity contribution in [2.45, 2.75) is 24.7 Å². The number of carbonyl (C=O) groups is 1. The van der Waals surface area contributed by atoms with Crippen LogP contribution in [0.1, 0.15) is 34.6 Å². The first-order chi connectivity index (χ1) is 14.8. The van der Waals surface area contributed by atoms with E-state index in [9.17, 15) is 22.4 Å². The van der Waals surface area contributed by atoms with Crippen molar-refractivity contribution in [2.75, 3.05) is 44.7 Å². The van der Waals surface area contributed by atoms with E-state index in [0.717, 1.165) is 17.8 Å². The first kappa shape index (κ1) is 21.6. The number of rotatable bonds is 5. The van der Waals surface area contributed by atoms with Gasteiger partial charge in [0.15, 0.2) is 11.7 Å². The minimum atomic E-state index is -4.55.